The van der Waals surface area contributed by atoms with Crippen LogP contribution in [-0.2, 0) is 0 Å². The number of piperidine rings is 1. The lowest BCUT2D eigenvalue weighted by Gasteiger charge is -2.35. The van der Waals surface area contributed by atoms with E-state index in [-0.39, 0.29) is 12.7 Å². The van der Waals surface area contributed by atoms with Gasteiger partial charge in [0.25, 0.3) is 0 Å². The van der Waals surface area contributed by atoms with E-state index in [1.165, 1.54) is 5.56 Å². The molecule has 0 amide bonds. The van der Waals surface area contributed by atoms with Gasteiger partial charge >= 0.3 is 0 Å². The molecule has 0 aliphatic carbocycles. The van der Waals surface area contributed by atoms with Crippen molar-refractivity contribution in [2.75, 3.05) is 26.5 Å². The van der Waals surface area contributed by atoms with Crippen LogP contribution in [0.4, 0.5) is 0 Å². The van der Waals surface area contributed by atoms with E-state index in [9.17, 15) is 4.91 Å². The van der Waals surface area contributed by atoms with Gasteiger partial charge in [-0.1, -0.05) is 30.3 Å². The molecule has 0 spiro atoms. The van der Waals surface area contributed by atoms with Gasteiger partial charge in [0, 0.05) is 25.1 Å². The predicted molar refractivity (Wildman–Crippen MR) is 92.7 cm³/mol. The van der Waals surface area contributed by atoms with Crippen LogP contribution < -0.4 is 14.2 Å². The standard InChI is InChI=1S/C19H20N2O4/c22-20-21-9-8-17(14-4-2-1-3-5-14)15(11-21)12-23-16-6-7-18-19(10-16)25-13-24-18/h1-7,10,15,17H,8-9,11-13H2/t15-,17-/m0/s1. The maximum Gasteiger partial charge on any atom is 0.231 e. The zero-order chi connectivity index (χ0) is 17.1. The van der Waals surface area contributed by atoms with E-state index in [0.717, 1.165) is 17.9 Å². The fraction of sp³-hybridized carbons (Fsp3) is 0.368. The number of ether oxygens (including phenoxy) is 3. The monoisotopic (exact) mass is 340 g/mol. The second-order valence-corrected chi connectivity index (χ2v) is 6.39. The Balaban J connectivity index is 1.48. The van der Waals surface area contributed by atoms with Crippen LogP contribution in [0.3, 0.4) is 0 Å². The van der Waals surface area contributed by atoms with Gasteiger partial charge in [-0.05, 0) is 30.0 Å². The van der Waals surface area contributed by atoms with E-state index >= 15 is 0 Å². The number of fused-ring (bicyclic) bond motifs is 1. The van der Waals surface area contributed by atoms with E-state index < -0.39 is 0 Å². The van der Waals surface area contributed by atoms with Crippen molar-refractivity contribution in [2.45, 2.75) is 12.3 Å². The summed E-state index contributed by atoms with van der Waals surface area (Å²) in [7, 11) is 0. The van der Waals surface area contributed by atoms with Gasteiger partial charge in [-0.25, -0.2) is 0 Å². The van der Waals surface area contributed by atoms with Crippen molar-refractivity contribution < 1.29 is 14.2 Å². The minimum Gasteiger partial charge on any atom is -0.493 e. The molecule has 0 radical (unpaired) electrons. The first kappa shape index (κ1) is 15.7. The van der Waals surface area contributed by atoms with Crippen molar-refractivity contribution in [3.05, 3.63) is 59.0 Å². The molecule has 6 heteroatoms. The molecular formula is C19H20N2O4. The maximum absolute atomic E-state index is 11.0. The Hall–Kier alpha value is -2.76. The molecule has 2 aliphatic rings. The van der Waals surface area contributed by atoms with Crippen molar-refractivity contribution in [2.24, 2.45) is 11.2 Å². The third-order valence-electron chi connectivity index (χ3n) is 4.86. The summed E-state index contributed by atoms with van der Waals surface area (Å²) in [5, 5.41) is 4.71. The molecule has 2 heterocycles. The molecule has 2 aromatic rings. The van der Waals surface area contributed by atoms with Crippen LogP contribution in [0.1, 0.15) is 17.9 Å². The molecule has 2 atom stereocenters. The predicted octanol–water partition coefficient (Wildman–Crippen LogP) is 3.58. The molecule has 0 saturated carbocycles. The Bertz CT molecular complexity index is 737. The van der Waals surface area contributed by atoms with E-state index in [0.29, 0.717) is 31.4 Å². The zero-order valence-corrected chi connectivity index (χ0v) is 13.8. The molecule has 6 nitrogen and oxygen atoms in total. The van der Waals surface area contributed by atoms with Crippen LogP contribution in [0.15, 0.2) is 53.8 Å². The summed E-state index contributed by atoms with van der Waals surface area (Å²) in [4.78, 5) is 11.0. The first-order chi connectivity index (χ1) is 12.3. The SMILES string of the molecule is O=NN1CC[C@@H](c2ccccc2)[C@H](COc2ccc3c(c2)OCO3)C1. The lowest BCUT2D eigenvalue weighted by Crippen LogP contribution is -2.39. The highest BCUT2D eigenvalue weighted by Gasteiger charge is 2.31. The van der Waals surface area contributed by atoms with Crippen LogP contribution in [0.5, 0.6) is 17.2 Å². The Kier molecular flexibility index (Phi) is 4.41. The molecule has 25 heavy (non-hydrogen) atoms. The lowest BCUT2D eigenvalue weighted by molar-refractivity contribution is 0.112. The van der Waals surface area contributed by atoms with Gasteiger partial charge < -0.3 is 14.2 Å². The Labute approximate surface area is 146 Å². The van der Waals surface area contributed by atoms with Crippen LogP contribution in [0, 0.1) is 10.8 Å². The number of rotatable bonds is 5. The second kappa shape index (κ2) is 7.01. The fourth-order valence-electron chi connectivity index (χ4n) is 3.57. The first-order valence-corrected chi connectivity index (χ1v) is 8.49. The molecule has 4 rings (SSSR count). The molecule has 2 aliphatic heterocycles. The van der Waals surface area contributed by atoms with Crippen LogP contribution in [0.25, 0.3) is 0 Å². The third kappa shape index (κ3) is 3.38. The van der Waals surface area contributed by atoms with Crippen molar-refractivity contribution in [1.82, 2.24) is 5.01 Å². The van der Waals surface area contributed by atoms with Gasteiger partial charge in [-0.2, -0.15) is 0 Å². The molecule has 130 valence electrons. The molecule has 1 saturated heterocycles. The first-order valence-electron chi connectivity index (χ1n) is 8.49. The van der Waals surface area contributed by atoms with Crippen LogP contribution in [-0.4, -0.2) is 31.5 Å². The number of nitrogens with zero attached hydrogens (tertiary/aromatic N) is 2. The molecule has 0 unspecified atom stereocenters. The van der Waals surface area contributed by atoms with Crippen molar-refractivity contribution >= 4 is 0 Å². The summed E-state index contributed by atoms with van der Waals surface area (Å²) in [6.45, 7) is 2.06. The summed E-state index contributed by atoms with van der Waals surface area (Å²) in [5.74, 6) is 2.74. The average Bonchev–Trinajstić information content (AvgIpc) is 3.14. The lowest BCUT2D eigenvalue weighted by atomic mass is 9.81. The Morgan fingerprint density at radius 2 is 1.96 bits per heavy atom. The van der Waals surface area contributed by atoms with E-state index in [2.05, 4.69) is 29.6 Å². The fourth-order valence-corrected chi connectivity index (χ4v) is 3.57. The molecular weight excluding hydrogens is 320 g/mol. The minimum absolute atomic E-state index is 0.194. The summed E-state index contributed by atoms with van der Waals surface area (Å²) in [6, 6.07) is 16.0. The van der Waals surface area contributed by atoms with E-state index in [1.54, 1.807) is 5.01 Å². The van der Waals surface area contributed by atoms with Gasteiger partial charge in [-0.15, -0.1) is 4.91 Å². The third-order valence-corrected chi connectivity index (χ3v) is 4.86. The van der Waals surface area contributed by atoms with Crippen LogP contribution in [0.2, 0.25) is 0 Å². The largest absolute Gasteiger partial charge is 0.493 e. The smallest absolute Gasteiger partial charge is 0.231 e. The number of benzene rings is 2. The molecule has 2 aromatic carbocycles. The summed E-state index contributed by atoms with van der Waals surface area (Å²) < 4.78 is 16.7. The maximum atomic E-state index is 11.0. The van der Waals surface area contributed by atoms with Crippen molar-refractivity contribution in [3.8, 4) is 17.2 Å². The van der Waals surface area contributed by atoms with Gasteiger partial charge in [-0.3, -0.25) is 5.01 Å². The van der Waals surface area contributed by atoms with Gasteiger partial charge in [0.2, 0.25) is 6.79 Å². The number of nitroso groups, excluding NO2 is 1. The molecule has 1 fully saturated rings. The average molecular weight is 340 g/mol. The zero-order valence-electron chi connectivity index (χ0n) is 13.8. The molecule has 0 N–H and O–H groups in total. The van der Waals surface area contributed by atoms with E-state index in [1.807, 2.05) is 24.3 Å². The number of hydrogen-bond donors (Lipinski definition) is 0. The number of hydrogen-bond acceptors (Lipinski definition) is 5. The minimum atomic E-state index is 0.194. The van der Waals surface area contributed by atoms with Gasteiger partial charge in [0.05, 0.1) is 11.9 Å². The summed E-state index contributed by atoms with van der Waals surface area (Å²) in [5.41, 5.74) is 1.28. The van der Waals surface area contributed by atoms with E-state index in [4.69, 9.17) is 14.2 Å². The van der Waals surface area contributed by atoms with Crippen LogP contribution >= 0.6 is 0 Å². The van der Waals surface area contributed by atoms with Crippen molar-refractivity contribution in [3.63, 3.8) is 0 Å². The van der Waals surface area contributed by atoms with Crippen molar-refractivity contribution in [1.29, 1.82) is 0 Å². The Morgan fingerprint density at radius 3 is 2.80 bits per heavy atom. The highest BCUT2D eigenvalue weighted by molar-refractivity contribution is 5.46. The second-order valence-electron chi connectivity index (χ2n) is 6.39. The molecule has 0 bridgehead atoms. The normalized spacial score (nSPS) is 21.8. The summed E-state index contributed by atoms with van der Waals surface area (Å²) >= 11 is 0. The topological polar surface area (TPSA) is 60.4 Å². The highest BCUT2D eigenvalue weighted by Crippen LogP contribution is 2.37. The van der Waals surface area contributed by atoms with Gasteiger partial charge in [0.15, 0.2) is 11.5 Å². The summed E-state index contributed by atoms with van der Waals surface area (Å²) in [6.07, 6.45) is 0.894. The Morgan fingerprint density at radius 1 is 1.12 bits per heavy atom. The van der Waals surface area contributed by atoms with Gasteiger partial charge in [0.1, 0.15) is 5.75 Å². The quantitative estimate of drug-likeness (QED) is 0.779. The highest BCUT2D eigenvalue weighted by atomic mass is 16.7. The molecule has 0 aromatic heterocycles.